The molecule has 0 aromatic heterocycles. The molecule has 0 spiro atoms. The summed E-state index contributed by atoms with van der Waals surface area (Å²) in [5, 5.41) is 5.02. The van der Waals surface area contributed by atoms with Gasteiger partial charge in [-0.05, 0) is 86.0 Å². The minimum atomic E-state index is -0.850. The number of urea groups is 1. The molecule has 206 valence electrons. The fraction of sp³-hybridized carbons (Fsp3) is 0.200. The Morgan fingerprint density at radius 1 is 0.975 bits per heavy atom. The van der Waals surface area contributed by atoms with Crippen LogP contribution < -0.4 is 29.7 Å². The molecule has 3 aromatic carbocycles. The van der Waals surface area contributed by atoms with Crippen LogP contribution in [0.2, 0.25) is 0 Å². The van der Waals surface area contributed by atoms with Crippen molar-refractivity contribution in [3.8, 4) is 17.2 Å². The van der Waals surface area contributed by atoms with E-state index in [1.165, 1.54) is 13.2 Å². The molecule has 0 bridgehead atoms. The van der Waals surface area contributed by atoms with Crippen molar-refractivity contribution in [2.75, 3.05) is 30.5 Å². The molecule has 10 heteroatoms. The third-order valence-electron chi connectivity index (χ3n) is 6.24. The van der Waals surface area contributed by atoms with Gasteiger partial charge in [0.25, 0.3) is 17.7 Å². The summed E-state index contributed by atoms with van der Waals surface area (Å²) < 4.78 is 16.5. The Bertz CT molecular complexity index is 1500. The Morgan fingerprint density at radius 2 is 1.73 bits per heavy atom. The van der Waals surface area contributed by atoms with Gasteiger partial charge in [0.15, 0.2) is 18.1 Å². The van der Waals surface area contributed by atoms with Gasteiger partial charge in [-0.3, -0.25) is 19.7 Å². The molecule has 0 radical (unpaired) electrons. The first kappa shape index (κ1) is 27.9. The number of carbonyl (C=O) groups excluding carboxylic acids is 4. The lowest BCUT2D eigenvalue weighted by atomic mass is 10.1. The molecule has 0 unspecified atom stereocenters. The quantitative estimate of drug-likeness (QED) is 0.303. The predicted octanol–water partition coefficient (Wildman–Crippen LogP) is 4.39. The molecule has 3 aromatic rings. The van der Waals surface area contributed by atoms with Crippen LogP contribution in [0.1, 0.15) is 23.6 Å². The number of hydrogen-bond donors (Lipinski definition) is 2. The molecule has 10 nitrogen and oxygen atoms in total. The number of nitrogens with zero attached hydrogens (tertiary/aromatic N) is 1. The fourth-order valence-electron chi connectivity index (χ4n) is 4.03. The molecule has 1 aliphatic heterocycles. The first-order valence-corrected chi connectivity index (χ1v) is 12.5. The molecule has 5 amide bonds. The third-order valence-corrected chi connectivity index (χ3v) is 6.24. The van der Waals surface area contributed by atoms with Gasteiger partial charge < -0.3 is 19.5 Å². The second kappa shape index (κ2) is 12.2. The normalized spacial score (nSPS) is 14.2. The summed E-state index contributed by atoms with van der Waals surface area (Å²) in [6, 6.07) is 15.9. The lowest BCUT2D eigenvalue weighted by molar-refractivity contribution is -0.122. The summed E-state index contributed by atoms with van der Waals surface area (Å²) in [6.45, 7) is 5.94. The number of hydrogen-bond acceptors (Lipinski definition) is 7. The van der Waals surface area contributed by atoms with Gasteiger partial charge in [-0.1, -0.05) is 18.2 Å². The monoisotopic (exact) mass is 543 g/mol. The summed E-state index contributed by atoms with van der Waals surface area (Å²) >= 11 is 0. The van der Waals surface area contributed by atoms with Crippen LogP contribution in [-0.2, 0) is 14.4 Å². The van der Waals surface area contributed by atoms with E-state index in [1.807, 2.05) is 39.0 Å². The van der Waals surface area contributed by atoms with Gasteiger partial charge in [0.05, 0.1) is 19.4 Å². The van der Waals surface area contributed by atoms with Crippen molar-refractivity contribution in [3.05, 3.63) is 82.9 Å². The highest BCUT2D eigenvalue weighted by atomic mass is 16.5. The van der Waals surface area contributed by atoms with Gasteiger partial charge in [-0.2, -0.15) is 0 Å². The maximum Gasteiger partial charge on any atom is 0.335 e. The number of methoxy groups -OCH3 is 1. The predicted molar refractivity (Wildman–Crippen MR) is 150 cm³/mol. The first-order valence-electron chi connectivity index (χ1n) is 12.5. The van der Waals surface area contributed by atoms with E-state index < -0.39 is 17.8 Å². The first-order chi connectivity index (χ1) is 19.2. The van der Waals surface area contributed by atoms with Gasteiger partial charge in [-0.25, -0.2) is 9.69 Å². The average Bonchev–Trinajstić information content (AvgIpc) is 2.93. The number of ether oxygens (including phenoxy) is 3. The Labute approximate surface area is 231 Å². The standard InChI is InChI=1S/C30H29N3O7/c1-5-39-22-12-10-21(11-13-22)33-29(36)23(28(35)32-30(33)37)15-20-9-14-25(26(16-20)38-4)40-17-27(34)31-24-8-6-7-18(2)19(24)3/h6-16H,5,17H2,1-4H3,(H,31,34)(H,32,35,37)/b23-15+. The summed E-state index contributed by atoms with van der Waals surface area (Å²) in [5.41, 5.74) is 3.22. The SMILES string of the molecule is CCOc1ccc(N2C(=O)NC(=O)/C(=C\c3ccc(OCC(=O)Nc4cccc(C)c4C)c(OC)c3)C2=O)cc1. The van der Waals surface area contributed by atoms with E-state index in [0.29, 0.717) is 29.4 Å². The van der Waals surface area contributed by atoms with Gasteiger partial charge in [0.1, 0.15) is 11.3 Å². The van der Waals surface area contributed by atoms with E-state index in [0.717, 1.165) is 16.0 Å². The highest BCUT2D eigenvalue weighted by Gasteiger charge is 2.36. The van der Waals surface area contributed by atoms with Gasteiger partial charge >= 0.3 is 6.03 Å². The van der Waals surface area contributed by atoms with Crippen LogP contribution in [0.25, 0.3) is 6.08 Å². The molecule has 0 atom stereocenters. The van der Waals surface area contributed by atoms with Crippen molar-refractivity contribution in [1.29, 1.82) is 0 Å². The number of carbonyl (C=O) groups is 4. The van der Waals surface area contributed by atoms with E-state index >= 15 is 0 Å². The lowest BCUT2D eigenvalue weighted by Crippen LogP contribution is -2.54. The van der Waals surface area contributed by atoms with Crippen molar-refractivity contribution in [3.63, 3.8) is 0 Å². The van der Waals surface area contributed by atoms with Crippen LogP contribution in [0.4, 0.5) is 16.2 Å². The Morgan fingerprint density at radius 3 is 2.42 bits per heavy atom. The van der Waals surface area contributed by atoms with Gasteiger partial charge in [-0.15, -0.1) is 0 Å². The zero-order valence-electron chi connectivity index (χ0n) is 22.6. The molecule has 0 saturated carbocycles. The van der Waals surface area contributed by atoms with E-state index in [1.54, 1.807) is 42.5 Å². The van der Waals surface area contributed by atoms with Gasteiger partial charge in [0.2, 0.25) is 0 Å². The summed E-state index contributed by atoms with van der Waals surface area (Å²) in [6.07, 6.45) is 1.35. The zero-order chi connectivity index (χ0) is 28.8. The Hall–Kier alpha value is -5.12. The molecule has 1 heterocycles. The summed E-state index contributed by atoms with van der Waals surface area (Å²) in [4.78, 5) is 51.6. The molecule has 0 aliphatic carbocycles. The summed E-state index contributed by atoms with van der Waals surface area (Å²) in [7, 11) is 1.43. The Balaban J connectivity index is 1.50. The zero-order valence-corrected chi connectivity index (χ0v) is 22.6. The highest BCUT2D eigenvalue weighted by molar-refractivity contribution is 6.39. The number of rotatable bonds is 9. The van der Waals surface area contributed by atoms with E-state index in [-0.39, 0.29) is 29.5 Å². The molecule has 1 aliphatic rings. The molecule has 4 rings (SSSR count). The fourth-order valence-corrected chi connectivity index (χ4v) is 4.03. The molecule has 1 saturated heterocycles. The van der Waals surface area contributed by atoms with Crippen LogP contribution in [0.15, 0.2) is 66.2 Å². The topological polar surface area (TPSA) is 123 Å². The van der Waals surface area contributed by atoms with Crippen LogP contribution >= 0.6 is 0 Å². The van der Waals surface area contributed by atoms with Crippen LogP contribution in [0.3, 0.4) is 0 Å². The highest BCUT2D eigenvalue weighted by Crippen LogP contribution is 2.30. The second-order valence-electron chi connectivity index (χ2n) is 8.88. The Kier molecular flexibility index (Phi) is 8.48. The van der Waals surface area contributed by atoms with Crippen LogP contribution in [0.5, 0.6) is 17.2 Å². The molecular weight excluding hydrogens is 514 g/mol. The number of amides is 5. The number of barbiturate groups is 1. The van der Waals surface area contributed by atoms with Crippen molar-refractivity contribution >= 4 is 41.2 Å². The minimum absolute atomic E-state index is 0.239. The maximum absolute atomic E-state index is 13.2. The lowest BCUT2D eigenvalue weighted by Gasteiger charge is -2.26. The molecule has 40 heavy (non-hydrogen) atoms. The number of anilines is 2. The summed E-state index contributed by atoms with van der Waals surface area (Å²) in [5.74, 6) is -0.770. The van der Waals surface area contributed by atoms with E-state index in [4.69, 9.17) is 14.2 Å². The van der Waals surface area contributed by atoms with Crippen LogP contribution in [0, 0.1) is 13.8 Å². The van der Waals surface area contributed by atoms with E-state index in [9.17, 15) is 19.2 Å². The minimum Gasteiger partial charge on any atom is -0.494 e. The van der Waals surface area contributed by atoms with Crippen molar-refractivity contribution in [1.82, 2.24) is 5.32 Å². The van der Waals surface area contributed by atoms with E-state index in [2.05, 4.69) is 10.6 Å². The third kappa shape index (κ3) is 6.12. The van der Waals surface area contributed by atoms with Crippen LogP contribution in [-0.4, -0.2) is 44.1 Å². The smallest absolute Gasteiger partial charge is 0.335 e. The molecule has 1 fully saturated rings. The largest absolute Gasteiger partial charge is 0.494 e. The second-order valence-corrected chi connectivity index (χ2v) is 8.88. The molecular formula is C30H29N3O7. The maximum atomic E-state index is 13.2. The average molecular weight is 544 g/mol. The number of imide groups is 2. The van der Waals surface area contributed by atoms with Crippen molar-refractivity contribution < 1.29 is 33.4 Å². The molecule has 2 N–H and O–H groups in total. The van der Waals surface area contributed by atoms with Crippen molar-refractivity contribution in [2.24, 2.45) is 0 Å². The van der Waals surface area contributed by atoms with Crippen molar-refractivity contribution in [2.45, 2.75) is 20.8 Å². The number of benzene rings is 3. The number of nitrogens with one attached hydrogen (secondary N) is 2. The number of aryl methyl sites for hydroxylation is 1. The van der Waals surface area contributed by atoms with Gasteiger partial charge in [0, 0.05) is 5.69 Å².